The molecule has 2 unspecified atom stereocenters. The zero-order valence-corrected chi connectivity index (χ0v) is 10.2. The minimum absolute atomic E-state index is 0.0331. The number of carbonyl (C=O) groups excluding carboxylic acids is 1. The van der Waals surface area contributed by atoms with Crippen LogP contribution < -0.4 is 10.6 Å². The average Bonchev–Trinajstić information content (AvgIpc) is 2.72. The van der Waals surface area contributed by atoms with Crippen LogP contribution >= 0.6 is 0 Å². The molecular weight excluding hydrogens is 216 g/mol. The van der Waals surface area contributed by atoms with E-state index >= 15 is 0 Å². The normalized spacial score (nSPS) is 19.3. The molecule has 0 bridgehead atoms. The van der Waals surface area contributed by atoms with E-state index in [1.165, 1.54) is 5.56 Å². The number of hydrogen-bond donors (Lipinski definition) is 2. The summed E-state index contributed by atoms with van der Waals surface area (Å²) in [6.45, 7) is 2.47. The minimum Gasteiger partial charge on any atom is -0.383 e. The summed E-state index contributed by atoms with van der Waals surface area (Å²) in [4.78, 5) is 12.0. The molecule has 2 rings (SSSR count). The predicted octanol–water partition coefficient (Wildman–Crippen LogP) is 1.17. The van der Waals surface area contributed by atoms with Gasteiger partial charge in [-0.1, -0.05) is 18.2 Å². The fourth-order valence-electron chi connectivity index (χ4n) is 2.09. The zero-order chi connectivity index (χ0) is 12.3. The molecule has 2 atom stereocenters. The monoisotopic (exact) mass is 234 g/mol. The Morgan fingerprint density at radius 1 is 1.59 bits per heavy atom. The fraction of sp³-hybridized carbons (Fsp3) is 0.462. The Balaban J connectivity index is 1.92. The summed E-state index contributed by atoms with van der Waals surface area (Å²) in [6.07, 6.45) is 0.752. The quantitative estimate of drug-likeness (QED) is 0.822. The summed E-state index contributed by atoms with van der Waals surface area (Å²) < 4.78 is 4.99. The van der Waals surface area contributed by atoms with Crippen molar-refractivity contribution in [2.24, 2.45) is 0 Å². The van der Waals surface area contributed by atoms with Gasteiger partial charge >= 0.3 is 0 Å². The highest BCUT2D eigenvalue weighted by Crippen LogP contribution is 2.25. The highest BCUT2D eigenvalue weighted by Gasteiger charge is 2.26. The number of ether oxygens (including phenoxy) is 1. The Kier molecular flexibility index (Phi) is 3.64. The molecule has 1 amide bonds. The number of methoxy groups -OCH3 is 1. The molecule has 1 aromatic rings. The first kappa shape index (κ1) is 11.9. The van der Waals surface area contributed by atoms with Crippen LogP contribution in [0.4, 0.5) is 5.69 Å². The van der Waals surface area contributed by atoms with Gasteiger partial charge in [0.05, 0.1) is 6.61 Å². The number of rotatable bonds is 4. The van der Waals surface area contributed by atoms with Gasteiger partial charge in [0.15, 0.2) is 0 Å². The van der Waals surface area contributed by atoms with E-state index in [9.17, 15) is 4.79 Å². The molecule has 2 N–H and O–H groups in total. The first-order chi connectivity index (χ1) is 8.20. The maximum absolute atomic E-state index is 12.0. The molecule has 0 saturated heterocycles. The number of benzene rings is 1. The SMILES string of the molecule is COCC(C)NC(=O)C1Cc2ccccc2N1. The van der Waals surface area contributed by atoms with E-state index in [-0.39, 0.29) is 18.0 Å². The molecule has 1 aliphatic rings. The van der Waals surface area contributed by atoms with Crippen LogP contribution in [0.3, 0.4) is 0 Å². The molecule has 4 nitrogen and oxygen atoms in total. The molecule has 1 heterocycles. The second-order valence-corrected chi connectivity index (χ2v) is 4.42. The van der Waals surface area contributed by atoms with Crippen molar-refractivity contribution >= 4 is 11.6 Å². The van der Waals surface area contributed by atoms with Crippen LogP contribution in [0.5, 0.6) is 0 Å². The van der Waals surface area contributed by atoms with Gasteiger partial charge in [0.2, 0.25) is 5.91 Å². The van der Waals surface area contributed by atoms with E-state index in [4.69, 9.17) is 4.74 Å². The van der Waals surface area contributed by atoms with Gasteiger partial charge in [0.1, 0.15) is 6.04 Å². The summed E-state index contributed by atoms with van der Waals surface area (Å²) in [5.41, 5.74) is 2.26. The van der Waals surface area contributed by atoms with Gasteiger partial charge in [-0.25, -0.2) is 0 Å². The zero-order valence-electron chi connectivity index (χ0n) is 10.2. The topological polar surface area (TPSA) is 50.4 Å². The number of anilines is 1. The molecule has 0 spiro atoms. The van der Waals surface area contributed by atoms with Crippen molar-refractivity contribution in [3.05, 3.63) is 29.8 Å². The third kappa shape index (κ3) is 2.77. The van der Waals surface area contributed by atoms with Gasteiger partial charge in [-0.05, 0) is 18.6 Å². The third-order valence-electron chi connectivity index (χ3n) is 2.89. The molecule has 1 aliphatic heterocycles. The first-order valence-corrected chi connectivity index (χ1v) is 5.84. The predicted molar refractivity (Wildman–Crippen MR) is 67.0 cm³/mol. The molecule has 0 saturated carbocycles. The fourth-order valence-corrected chi connectivity index (χ4v) is 2.09. The van der Waals surface area contributed by atoms with Gasteiger partial charge in [0, 0.05) is 25.3 Å². The van der Waals surface area contributed by atoms with Crippen molar-refractivity contribution in [3.63, 3.8) is 0 Å². The number of nitrogens with one attached hydrogen (secondary N) is 2. The van der Waals surface area contributed by atoms with Crippen molar-refractivity contribution in [1.29, 1.82) is 0 Å². The van der Waals surface area contributed by atoms with Crippen LogP contribution in [0.25, 0.3) is 0 Å². The molecule has 17 heavy (non-hydrogen) atoms. The highest BCUT2D eigenvalue weighted by molar-refractivity contribution is 5.87. The van der Waals surface area contributed by atoms with E-state index in [0.717, 1.165) is 12.1 Å². The second kappa shape index (κ2) is 5.19. The highest BCUT2D eigenvalue weighted by atomic mass is 16.5. The smallest absolute Gasteiger partial charge is 0.243 e. The van der Waals surface area contributed by atoms with Gasteiger partial charge in [-0.15, -0.1) is 0 Å². The Morgan fingerprint density at radius 3 is 3.06 bits per heavy atom. The molecule has 4 heteroatoms. The molecule has 1 aromatic carbocycles. The summed E-state index contributed by atoms with van der Waals surface area (Å²) in [6, 6.07) is 7.90. The molecule has 92 valence electrons. The van der Waals surface area contributed by atoms with E-state index < -0.39 is 0 Å². The van der Waals surface area contributed by atoms with Crippen LogP contribution in [-0.2, 0) is 16.0 Å². The van der Waals surface area contributed by atoms with Crippen molar-refractivity contribution < 1.29 is 9.53 Å². The van der Waals surface area contributed by atoms with E-state index in [0.29, 0.717) is 6.61 Å². The van der Waals surface area contributed by atoms with Gasteiger partial charge in [-0.2, -0.15) is 0 Å². The maximum Gasteiger partial charge on any atom is 0.243 e. The summed E-state index contributed by atoms with van der Waals surface area (Å²) in [7, 11) is 1.63. The lowest BCUT2D eigenvalue weighted by molar-refractivity contribution is -0.122. The molecular formula is C13H18N2O2. The van der Waals surface area contributed by atoms with Crippen LogP contribution in [0.2, 0.25) is 0 Å². The number of fused-ring (bicyclic) bond motifs is 1. The lowest BCUT2D eigenvalue weighted by Crippen LogP contribution is -2.44. The molecule has 0 radical (unpaired) electrons. The van der Waals surface area contributed by atoms with Crippen LogP contribution in [0, 0.1) is 0 Å². The standard InChI is InChI=1S/C13H18N2O2/c1-9(8-17-2)14-13(16)12-7-10-5-3-4-6-11(10)15-12/h3-6,9,12,15H,7-8H2,1-2H3,(H,14,16). The number of hydrogen-bond acceptors (Lipinski definition) is 3. The van der Waals surface area contributed by atoms with E-state index in [1.54, 1.807) is 7.11 Å². The van der Waals surface area contributed by atoms with Crippen molar-refractivity contribution in [3.8, 4) is 0 Å². The number of amides is 1. The largest absolute Gasteiger partial charge is 0.383 e. The van der Waals surface area contributed by atoms with E-state index in [1.807, 2.05) is 31.2 Å². The van der Waals surface area contributed by atoms with Crippen molar-refractivity contribution in [1.82, 2.24) is 5.32 Å². The van der Waals surface area contributed by atoms with Gasteiger partial charge in [0.25, 0.3) is 0 Å². The van der Waals surface area contributed by atoms with Crippen molar-refractivity contribution in [2.75, 3.05) is 19.0 Å². The van der Waals surface area contributed by atoms with Crippen LogP contribution in [0.15, 0.2) is 24.3 Å². The summed E-state index contributed by atoms with van der Waals surface area (Å²) in [5.74, 6) is 0.0331. The summed E-state index contributed by atoms with van der Waals surface area (Å²) >= 11 is 0. The first-order valence-electron chi connectivity index (χ1n) is 5.84. The Hall–Kier alpha value is -1.55. The van der Waals surface area contributed by atoms with Crippen LogP contribution in [0.1, 0.15) is 12.5 Å². The molecule has 0 aromatic heterocycles. The van der Waals surface area contributed by atoms with Crippen molar-refractivity contribution in [2.45, 2.75) is 25.4 Å². The third-order valence-corrected chi connectivity index (χ3v) is 2.89. The van der Waals surface area contributed by atoms with Crippen LogP contribution in [-0.4, -0.2) is 31.7 Å². The lowest BCUT2D eigenvalue weighted by atomic mass is 10.1. The number of carbonyl (C=O) groups is 1. The lowest BCUT2D eigenvalue weighted by Gasteiger charge is -2.16. The van der Waals surface area contributed by atoms with Gasteiger partial charge in [-0.3, -0.25) is 4.79 Å². The van der Waals surface area contributed by atoms with Gasteiger partial charge < -0.3 is 15.4 Å². The minimum atomic E-state index is -0.160. The Bertz CT molecular complexity index is 381. The second-order valence-electron chi connectivity index (χ2n) is 4.42. The molecule has 0 aliphatic carbocycles. The Labute approximate surface area is 101 Å². The molecule has 0 fully saturated rings. The number of para-hydroxylation sites is 1. The average molecular weight is 234 g/mol. The maximum atomic E-state index is 12.0. The van der Waals surface area contributed by atoms with E-state index in [2.05, 4.69) is 10.6 Å². The Morgan fingerprint density at radius 2 is 2.35 bits per heavy atom. The summed E-state index contributed by atoms with van der Waals surface area (Å²) in [5, 5.41) is 6.16.